The van der Waals surface area contributed by atoms with Gasteiger partial charge in [-0.25, -0.2) is 14.4 Å². The van der Waals surface area contributed by atoms with E-state index in [4.69, 9.17) is 18.9 Å². The van der Waals surface area contributed by atoms with E-state index in [0.717, 1.165) is 0 Å². The Morgan fingerprint density at radius 3 is 2.73 bits per heavy atom. The van der Waals surface area contributed by atoms with E-state index in [1.165, 1.54) is 6.92 Å². The van der Waals surface area contributed by atoms with E-state index in [-0.39, 0.29) is 23.7 Å². The van der Waals surface area contributed by atoms with Crippen LogP contribution in [0.2, 0.25) is 0 Å². The molecule has 0 radical (unpaired) electrons. The van der Waals surface area contributed by atoms with Gasteiger partial charge in [-0.2, -0.15) is 0 Å². The van der Waals surface area contributed by atoms with E-state index < -0.39 is 47.7 Å². The third-order valence-corrected chi connectivity index (χ3v) is 5.44. The number of carbonyl (C=O) groups excluding carboxylic acids is 3. The van der Waals surface area contributed by atoms with E-state index >= 15 is 0 Å². The Labute approximate surface area is 150 Å². The van der Waals surface area contributed by atoms with Crippen LogP contribution in [-0.4, -0.2) is 47.9 Å². The van der Waals surface area contributed by atoms with Gasteiger partial charge in [-0.1, -0.05) is 13.2 Å². The van der Waals surface area contributed by atoms with Crippen LogP contribution in [0.15, 0.2) is 36.0 Å². The van der Waals surface area contributed by atoms with Gasteiger partial charge >= 0.3 is 17.9 Å². The fourth-order valence-corrected chi connectivity index (χ4v) is 4.02. The van der Waals surface area contributed by atoms with Crippen LogP contribution in [0.5, 0.6) is 0 Å². The lowest BCUT2D eigenvalue weighted by Gasteiger charge is -2.27. The Hall–Kier alpha value is -2.41. The van der Waals surface area contributed by atoms with Crippen molar-refractivity contribution in [2.24, 2.45) is 5.92 Å². The van der Waals surface area contributed by atoms with Gasteiger partial charge in [-0.3, -0.25) is 0 Å². The fraction of sp³-hybridized carbons (Fsp3) is 0.526. The summed E-state index contributed by atoms with van der Waals surface area (Å²) >= 11 is 0. The zero-order valence-electron chi connectivity index (χ0n) is 14.7. The average Bonchev–Trinajstić information content (AvgIpc) is 2.96. The number of epoxide rings is 1. The monoisotopic (exact) mass is 360 g/mol. The maximum Gasteiger partial charge on any atom is 0.334 e. The Morgan fingerprint density at radius 1 is 1.31 bits per heavy atom. The van der Waals surface area contributed by atoms with Gasteiger partial charge in [-0.15, -0.1) is 0 Å². The molecule has 0 unspecified atom stereocenters. The third-order valence-electron chi connectivity index (χ3n) is 5.44. The summed E-state index contributed by atoms with van der Waals surface area (Å²) in [7, 11) is 0. The molecule has 0 aromatic heterocycles. The van der Waals surface area contributed by atoms with Crippen LogP contribution in [0.4, 0.5) is 0 Å². The lowest BCUT2D eigenvalue weighted by Crippen LogP contribution is -2.39. The van der Waals surface area contributed by atoms with E-state index in [0.29, 0.717) is 12.0 Å². The molecule has 2 fully saturated rings. The predicted molar refractivity (Wildman–Crippen MR) is 87.7 cm³/mol. The number of hydrogen-bond donors (Lipinski definition) is 0. The molecule has 0 saturated carbocycles. The highest BCUT2D eigenvalue weighted by Gasteiger charge is 2.65. The lowest BCUT2D eigenvalue weighted by molar-refractivity contribution is -0.149. The molecule has 2 bridgehead atoms. The normalized spacial score (nSPS) is 40.6. The van der Waals surface area contributed by atoms with Crippen LogP contribution < -0.4 is 0 Å². The molecule has 1 aliphatic carbocycles. The summed E-state index contributed by atoms with van der Waals surface area (Å²) in [6.45, 7) is 10.8. The molecular formula is C19H20O7. The highest BCUT2D eigenvalue weighted by atomic mass is 16.7. The molecule has 26 heavy (non-hydrogen) atoms. The van der Waals surface area contributed by atoms with Crippen molar-refractivity contribution in [1.29, 1.82) is 0 Å². The molecule has 4 rings (SSSR count). The molecule has 7 heteroatoms. The maximum atomic E-state index is 12.2. The van der Waals surface area contributed by atoms with Crippen molar-refractivity contribution in [3.05, 3.63) is 36.0 Å². The second kappa shape index (κ2) is 5.54. The molecule has 138 valence electrons. The van der Waals surface area contributed by atoms with E-state index in [1.54, 1.807) is 6.08 Å². The third kappa shape index (κ3) is 2.58. The van der Waals surface area contributed by atoms with Crippen LogP contribution in [-0.2, 0) is 33.3 Å². The summed E-state index contributed by atoms with van der Waals surface area (Å²) in [6.07, 6.45) is 0.167. The van der Waals surface area contributed by atoms with Crippen molar-refractivity contribution < 1.29 is 33.3 Å². The minimum absolute atomic E-state index is 0.120. The first kappa shape index (κ1) is 17.0. The molecule has 0 N–H and O–H groups in total. The van der Waals surface area contributed by atoms with Crippen molar-refractivity contribution >= 4 is 17.9 Å². The SMILES string of the molecule is C=C(C)C(=O)O[C@H]1CC2=C[C@@H](C[C@@]3(C)O[C@H]3[C@H]3OC(=O)C(=C)[C@@H]31)OC2=O. The Bertz CT molecular complexity index is 779. The van der Waals surface area contributed by atoms with E-state index in [1.807, 2.05) is 6.92 Å². The van der Waals surface area contributed by atoms with Crippen molar-refractivity contribution in [3.63, 3.8) is 0 Å². The van der Waals surface area contributed by atoms with Gasteiger partial charge in [0.05, 0.1) is 11.5 Å². The molecule has 0 spiro atoms. The van der Waals surface area contributed by atoms with E-state index in [2.05, 4.69) is 13.2 Å². The van der Waals surface area contributed by atoms with Gasteiger partial charge in [0.1, 0.15) is 24.4 Å². The summed E-state index contributed by atoms with van der Waals surface area (Å²) in [6, 6.07) is 0. The lowest BCUT2D eigenvalue weighted by atomic mass is 9.82. The highest BCUT2D eigenvalue weighted by molar-refractivity contribution is 5.93. The Morgan fingerprint density at radius 2 is 2.04 bits per heavy atom. The molecule has 3 heterocycles. The fourth-order valence-electron chi connectivity index (χ4n) is 4.02. The number of fused-ring (bicyclic) bond motifs is 4. The molecule has 0 aromatic rings. The van der Waals surface area contributed by atoms with Crippen LogP contribution in [0.1, 0.15) is 26.7 Å². The summed E-state index contributed by atoms with van der Waals surface area (Å²) in [4.78, 5) is 36.5. The van der Waals surface area contributed by atoms with Crippen molar-refractivity contribution in [3.8, 4) is 0 Å². The van der Waals surface area contributed by atoms with Crippen LogP contribution in [0, 0.1) is 5.92 Å². The van der Waals surface area contributed by atoms with Crippen molar-refractivity contribution in [2.75, 3.05) is 0 Å². The van der Waals surface area contributed by atoms with Gasteiger partial charge in [0.2, 0.25) is 0 Å². The second-order valence-corrected chi connectivity index (χ2v) is 7.54. The maximum absolute atomic E-state index is 12.2. The average molecular weight is 360 g/mol. The van der Waals surface area contributed by atoms with Gasteiger partial charge in [-0.05, 0) is 19.9 Å². The van der Waals surface area contributed by atoms with Gasteiger partial charge in [0.15, 0.2) is 0 Å². The smallest absolute Gasteiger partial charge is 0.334 e. The predicted octanol–water partition coefficient (Wildman–Crippen LogP) is 1.38. The van der Waals surface area contributed by atoms with Gasteiger partial charge in [0, 0.05) is 29.6 Å². The first-order valence-corrected chi connectivity index (χ1v) is 8.55. The molecule has 6 atom stereocenters. The number of ether oxygens (including phenoxy) is 4. The minimum Gasteiger partial charge on any atom is -0.458 e. The van der Waals surface area contributed by atoms with Crippen molar-refractivity contribution in [2.45, 2.75) is 56.7 Å². The standard InChI is InChI=1S/C19H20O7/c1-8(2)16(20)24-12-6-10-5-11(23-18(10)22)7-19(4)15(26-19)14-13(12)9(3)17(21)25-14/h5,11-15H,1,3,6-7H2,2,4H3/t11-,12-,13+,14-,15-,19+/m0/s1. The topological polar surface area (TPSA) is 91.4 Å². The zero-order chi connectivity index (χ0) is 18.8. The highest BCUT2D eigenvalue weighted by Crippen LogP contribution is 2.51. The first-order valence-electron chi connectivity index (χ1n) is 8.55. The molecule has 0 amide bonds. The number of esters is 3. The van der Waals surface area contributed by atoms with Crippen LogP contribution in [0.3, 0.4) is 0 Å². The molecule has 4 aliphatic rings. The Kier molecular flexibility index (Phi) is 3.63. The quantitative estimate of drug-likeness (QED) is 0.318. The number of hydrogen-bond acceptors (Lipinski definition) is 7. The first-order chi connectivity index (χ1) is 12.2. The Balaban J connectivity index is 1.74. The molecule has 2 saturated heterocycles. The summed E-state index contributed by atoms with van der Waals surface area (Å²) in [5.41, 5.74) is 0.285. The van der Waals surface area contributed by atoms with Crippen LogP contribution >= 0.6 is 0 Å². The largest absolute Gasteiger partial charge is 0.458 e. The summed E-state index contributed by atoms with van der Waals surface area (Å²) < 4.78 is 22.3. The van der Waals surface area contributed by atoms with Gasteiger partial charge in [0.25, 0.3) is 0 Å². The number of rotatable bonds is 2. The summed E-state index contributed by atoms with van der Waals surface area (Å²) in [5.74, 6) is -2.17. The molecule has 0 aromatic carbocycles. The number of carbonyl (C=O) groups is 3. The van der Waals surface area contributed by atoms with Crippen molar-refractivity contribution in [1.82, 2.24) is 0 Å². The molecule has 3 aliphatic heterocycles. The summed E-state index contributed by atoms with van der Waals surface area (Å²) in [5, 5.41) is 0. The zero-order valence-corrected chi connectivity index (χ0v) is 14.7. The molecule has 7 nitrogen and oxygen atoms in total. The minimum atomic E-state index is -0.799. The van der Waals surface area contributed by atoms with Gasteiger partial charge < -0.3 is 18.9 Å². The second-order valence-electron chi connectivity index (χ2n) is 7.54. The van der Waals surface area contributed by atoms with E-state index in [9.17, 15) is 14.4 Å². The van der Waals surface area contributed by atoms with Crippen LogP contribution in [0.25, 0.3) is 0 Å². The molecular weight excluding hydrogens is 340 g/mol.